The van der Waals surface area contributed by atoms with E-state index >= 15 is 0 Å². The summed E-state index contributed by atoms with van der Waals surface area (Å²) in [6.45, 7) is 14.8. The number of likely N-dealkylation sites (N-methyl/N-ethyl adjacent to an activating group) is 1. The summed E-state index contributed by atoms with van der Waals surface area (Å²) in [4.78, 5) is 31.7. The Hall–Kier alpha value is -1.14. The molecular weight excluding hydrogens is 328 g/mol. The van der Waals surface area contributed by atoms with E-state index < -0.39 is 0 Å². The summed E-state index contributed by atoms with van der Waals surface area (Å²) >= 11 is 0. The second kappa shape index (κ2) is 8.70. The monoisotopic (exact) mass is 366 g/mol. The maximum atomic E-state index is 12.8. The number of nitrogens with zero attached hydrogens (tertiary/aromatic N) is 3. The van der Waals surface area contributed by atoms with Crippen molar-refractivity contribution < 1.29 is 9.59 Å². The van der Waals surface area contributed by atoms with Crippen LogP contribution in [-0.4, -0.2) is 84.4 Å². The van der Waals surface area contributed by atoms with Gasteiger partial charge in [0.1, 0.15) is 6.04 Å². The fourth-order valence-electron chi connectivity index (χ4n) is 4.46. The zero-order valence-corrected chi connectivity index (χ0v) is 17.5. The summed E-state index contributed by atoms with van der Waals surface area (Å²) in [5, 5.41) is 3.15. The maximum absolute atomic E-state index is 12.8. The Labute approximate surface area is 159 Å². The van der Waals surface area contributed by atoms with Crippen LogP contribution >= 0.6 is 0 Å². The molecule has 0 bridgehead atoms. The van der Waals surface area contributed by atoms with Crippen LogP contribution in [-0.2, 0) is 9.59 Å². The average Bonchev–Trinajstić information content (AvgIpc) is 2.91. The minimum Gasteiger partial charge on any atom is -0.353 e. The number of fused-ring (bicyclic) bond motifs is 1. The molecule has 2 fully saturated rings. The van der Waals surface area contributed by atoms with E-state index in [-0.39, 0.29) is 35.4 Å². The highest BCUT2D eigenvalue weighted by Crippen LogP contribution is 2.30. The van der Waals surface area contributed by atoms with Gasteiger partial charge in [-0.1, -0.05) is 20.8 Å². The van der Waals surface area contributed by atoms with Gasteiger partial charge in [-0.2, -0.15) is 0 Å². The lowest BCUT2D eigenvalue weighted by Gasteiger charge is -2.35. The number of amides is 2. The smallest absolute Gasteiger partial charge is 0.239 e. The van der Waals surface area contributed by atoms with Crippen LogP contribution in [0.4, 0.5) is 0 Å². The molecule has 2 aliphatic heterocycles. The third-order valence-corrected chi connectivity index (χ3v) is 5.83. The summed E-state index contributed by atoms with van der Waals surface area (Å²) < 4.78 is 0. The normalized spacial score (nSPS) is 27.8. The quantitative estimate of drug-likeness (QED) is 0.775. The van der Waals surface area contributed by atoms with Crippen molar-refractivity contribution >= 4 is 11.8 Å². The topological polar surface area (TPSA) is 55.9 Å². The lowest BCUT2D eigenvalue weighted by atomic mass is 9.95. The van der Waals surface area contributed by atoms with Gasteiger partial charge >= 0.3 is 0 Å². The molecule has 2 rings (SSSR count). The molecule has 3 unspecified atom stereocenters. The van der Waals surface area contributed by atoms with Gasteiger partial charge in [0.15, 0.2) is 0 Å². The molecule has 6 heteroatoms. The number of likely N-dealkylation sites (tertiary alicyclic amines) is 1. The van der Waals surface area contributed by atoms with Gasteiger partial charge in [0.25, 0.3) is 0 Å². The molecule has 0 aromatic heterocycles. The number of hydrogen-bond donors (Lipinski definition) is 1. The Balaban J connectivity index is 2.02. The maximum Gasteiger partial charge on any atom is 0.239 e. The van der Waals surface area contributed by atoms with Crippen molar-refractivity contribution in [2.24, 2.45) is 5.41 Å². The van der Waals surface area contributed by atoms with Gasteiger partial charge in [-0.05, 0) is 39.2 Å². The number of hydrogen-bond acceptors (Lipinski definition) is 4. The summed E-state index contributed by atoms with van der Waals surface area (Å²) in [5.74, 6) is 0.373. The minimum atomic E-state index is -0.0669. The highest BCUT2D eigenvalue weighted by atomic mass is 16.2. The standard InChI is InChI=1S/C20H38N4O2/c1-7-23(8-2)17(25)10-9-15-13-21-19(26)18-16(22(15)6)11-12-24(18)14-20(3,4)5/h15-16,18H,7-14H2,1-6H3,(H,21,26). The summed E-state index contributed by atoms with van der Waals surface area (Å²) in [5.41, 5.74) is 0.176. The van der Waals surface area contributed by atoms with Crippen molar-refractivity contribution in [3.05, 3.63) is 0 Å². The minimum absolute atomic E-state index is 0.0669. The van der Waals surface area contributed by atoms with Crippen molar-refractivity contribution in [2.75, 3.05) is 39.8 Å². The summed E-state index contributed by atoms with van der Waals surface area (Å²) in [7, 11) is 2.13. The fraction of sp³-hybridized carbons (Fsp3) is 0.900. The lowest BCUT2D eigenvalue weighted by molar-refractivity contribution is -0.131. The van der Waals surface area contributed by atoms with Gasteiger partial charge in [0.05, 0.1) is 0 Å². The molecule has 150 valence electrons. The molecule has 1 N–H and O–H groups in total. The van der Waals surface area contributed by atoms with Crippen LogP contribution in [0, 0.1) is 5.41 Å². The molecule has 6 nitrogen and oxygen atoms in total. The van der Waals surface area contributed by atoms with Crippen LogP contribution in [0.1, 0.15) is 53.9 Å². The highest BCUT2D eigenvalue weighted by molar-refractivity contribution is 5.83. The van der Waals surface area contributed by atoms with E-state index in [1.165, 1.54) is 0 Å². The van der Waals surface area contributed by atoms with Gasteiger partial charge in [-0.3, -0.25) is 19.4 Å². The molecule has 0 aromatic carbocycles. The first kappa shape index (κ1) is 21.2. The molecule has 3 atom stereocenters. The fourth-order valence-corrected chi connectivity index (χ4v) is 4.46. The largest absolute Gasteiger partial charge is 0.353 e. The Morgan fingerprint density at radius 2 is 1.92 bits per heavy atom. The van der Waals surface area contributed by atoms with E-state index in [0.29, 0.717) is 13.0 Å². The zero-order chi connectivity index (χ0) is 19.5. The van der Waals surface area contributed by atoms with Crippen LogP contribution in [0.5, 0.6) is 0 Å². The van der Waals surface area contributed by atoms with Crippen molar-refractivity contribution in [1.29, 1.82) is 0 Å². The summed E-state index contributed by atoms with van der Waals surface area (Å²) in [6, 6.07) is 0.402. The first-order valence-corrected chi connectivity index (χ1v) is 10.2. The van der Waals surface area contributed by atoms with E-state index in [4.69, 9.17) is 0 Å². The molecule has 0 aliphatic carbocycles. The molecule has 0 saturated carbocycles. The second-order valence-corrected chi connectivity index (χ2v) is 9.00. The van der Waals surface area contributed by atoms with E-state index in [9.17, 15) is 9.59 Å². The van der Waals surface area contributed by atoms with Crippen molar-refractivity contribution in [3.63, 3.8) is 0 Å². The number of nitrogens with one attached hydrogen (secondary N) is 1. The predicted octanol–water partition coefficient (Wildman–Crippen LogP) is 1.55. The van der Waals surface area contributed by atoms with Crippen molar-refractivity contribution in [1.82, 2.24) is 20.0 Å². The first-order valence-electron chi connectivity index (χ1n) is 10.2. The molecule has 2 heterocycles. The lowest BCUT2D eigenvalue weighted by Crippen LogP contribution is -2.51. The molecule has 0 spiro atoms. The molecular formula is C20H38N4O2. The Kier molecular flexibility index (Phi) is 7.08. The van der Waals surface area contributed by atoms with Crippen LogP contribution in [0.15, 0.2) is 0 Å². The molecule has 2 amide bonds. The van der Waals surface area contributed by atoms with E-state index in [0.717, 1.165) is 39.0 Å². The van der Waals surface area contributed by atoms with Gasteiger partial charge in [-0.15, -0.1) is 0 Å². The van der Waals surface area contributed by atoms with Crippen LogP contribution in [0.3, 0.4) is 0 Å². The van der Waals surface area contributed by atoms with E-state index in [1.807, 2.05) is 18.7 Å². The third-order valence-electron chi connectivity index (χ3n) is 5.83. The SMILES string of the molecule is CCN(CC)C(=O)CCC1CNC(=O)C2C(CCN2CC(C)(C)C)N1C. The van der Waals surface area contributed by atoms with Gasteiger partial charge in [0, 0.05) is 51.2 Å². The van der Waals surface area contributed by atoms with Crippen molar-refractivity contribution in [3.8, 4) is 0 Å². The number of rotatable bonds is 6. The van der Waals surface area contributed by atoms with Crippen molar-refractivity contribution in [2.45, 2.75) is 72.0 Å². The molecule has 0 aromatic rings. The number of carbonyl (C=O) groups is 2. The highest BCUT2D eigenvalue weighted by Gasteiger charge is 2.45. The molecule has 0 radical (unpaired) electrons. The van der Waals surface area contributed by atoms with E-state index in [1.54, 1.807) is 0 Å². The zero-order valence-electron chi connectivity index (χ0n) is 17.5. The Bertz CT molecular complexity index is 499. The summed E-state index contributed by atoms with van der Waals surface area (Å²) in [6.07, 6.45) is 2.37. The average molecular weight is 367 g/mol. The van der Waals surface area contributed by atoms with Gasteiger partial charge < -0.3 is 10.2 Å². The molecule has 26 heavy (non-hydrogen) atoms. The predicted molar refractivity (Wildman–Crippen MR) is 105 cm³/mol. The third kappa shape index (κ3) is 4.97. The van der Waals surface area contributed by atoms with E-state index in [2.05, 4.69) is 42.9 Å². The molecule has 2 aliphatic rings. The first-order chi connectivity index (χ1) is 12.2. The van der Waals surface area contributed by atoms with Gasteiger partial charge in [0.2, 0.25) is 11.8 Å². The molecule has 2 saturated heterocycles. The number of carbonyl (C=O) groups excluding carboxylic acids is 2. The Morgan fingerprint density at radius 1 is 1.27 bits per heavy atom. The van der Waals surface area contributed by atoms with Crippen LogP contribution < -0.4 is 5.32 Å². The van der Waals surface area contributed by atoms with Crippen LogP contribution in [0.2, 0.25) is 0 Å². The Morgan fingerprint density at radius 3 is 2.50 bits per heavy atom. The van der Waals surface area contributed by atoms with Crippen LogP contribution in [0.25, 0.3) is 0 Å². The van der Waals surface area contributed by atoms with Gasteiger partial charge in [-0.25, -0.2) is 0 Å². The second-order valence-electron chi connectivity index (χ2n) is 9.00.